The maximum Gasteiger partial charge on any atom is 0.151 e. The van der Waals surface area contributed by atoms with Crippen molar-refractivity contribution < 1.29 is 8.42 Å². The Balaban J connectivity index is 1.78. The normalized spacial score (nSPS) is 30.4. The Labute approximate surface area is 105 Å². The average Bonchev–Trinajstić information content (AvgIpc) is 2.87. The molecule has 1 atom stereocenters. The lowest BCUT2D eigenvalue weighted by atomic mass is 9.87. The Bertz CT molecular complexity index is 348. The van der Waals surface area contributed by atoms with E-state index >= 15 is 0 Å². The van der Waals surface area contributed by atoms with Crippen LogP contribution in [0.1, 0.15) is 26.2 Å². The molecule has 2 aliphatic heterocycles. The van der Waals surface area contributed by atoms with E-state index in [4.69, 9.17) is 0 Å². The van der Waals surface area contributed by atoms with Gasteiger partial charge in [-0.1, -0.05) is 6.92 Å². The van der Waals surface area contributed by atoms with Crippen molar-refractivity contribution in [3.63, 3.8) is 0 Å². The van der Waals surface area contributed by atoms with Gasteiger partial charge in [0.2, 0.25) is 0 Å². The zero-order valence-corrected chi connectivity index (χ0v) is 11.6. The van der Waals surface area contributed by atoms with Crippen molar-refractivity contribution in [1.29, 1.82) is 0 Å². The van der Waals surface area contributed by atoms with Gasteiger partial charge in [-0.3, -0.25) is 0 Å². The lowest BCUT2D eigenvalue weighted by molar-refractivity contribution is 0.284. The van der Waals surface area contributed by atoms with Crippen molar-refractivity contribution >= 4 is 9.84 Å². The Morgan fingerprint density at radius 2 is 2.12 bits per heavy atom. The fourth-order valence-corrected chi connectivity index (χ4v) is 4.41. The second-order valence-electron chi connectivity index (χ2n) is 5.60. The third-order valence-electron chi connectivity index (χ3n) is 4.08. The largest absolute Gasteiger partial charge is 0.316 e. The molecule has 2 aliphatic rings. The number of likely N-dealkylation sites (tertiary alicyclic amines) is 1. The van der Waals surface area contributed by atoms with Gasteiger partial charge in [0.25, 0.3) is 0 Å². The first-order chi connectivity index (χ1) is 8.05. The maximum absolute atomic E-state index is 11.7. The van der Waals surface area contributed by atoms with Gasteiger partial charge in [-0.2, -0.15) is 0 Å². The summed E-state index contributed by atoms with van der Waals surface area (Å²) in [5, 5.41) is 3.42. The first-order valence-corrected chi connectivity index (χ1v) is 8.51. The van der Waals surface area contributed by atoms with E-state index in [2.05, 4.69) is 10.2 Å². The third-order valence-corrected chi connectivity index (χ3v) is 5.92. The molecule has 2 heterocycles. The summed E-state index contributed by atoms with van der Waals surface area (Å²) in [5.74, 6) is 0.678. The Kier molecular flexibility index (Phi) is 4.10. The molecule has 0 aliphatic carbocycles. The van der Waals surface area contributed by atoms with Crippen LogP contribution in [0.2, 0.25) is 0 Å². The molecule has 2 saturated heterocycles. The average molecular weight is 260 g/mol. The Hall–Kier alpha value is -0.130. The quantitative estimate of drug-likeness (QED) is 0.782. The van der Waals surface area contributed by atoms with Crippen LogP contribution >= 0.6 is 0 Å². The zero-order valence-electron chi connectivity index (χ0n) is 10.7. The molecule has 1 spiro atoms. The van der Waals surface area contributed by atoms with Gasteiger partial charge < -0.3 is 10.2 Å². The molecule has 5 heteroatoms. The lowest BCUT2D eigenvalue weighted by Crippen LogP contribution is -2.32. The van der Waals surface area contributed by atoms with E-state index in [1.807, 2.05) is 6.92 Å². The van der Waals surface area contributed by atoms with Crippen molar-refractivity contribution in [3.05, 3.63) is 0 Å². The van der Waals surface area contributed by atoms with Crippen LogP contribution in [0.5, 0.6) is 0 Å². The molecule has 0 saturated carbocycles. The van der Waals surface area contributed by atoms with E-state index in [0.29, 0.717) is 16.9 Å². The van der Waals surface area contributed by atoms with Gasteiger partial charge in [0.15, 0.2) is 9.84 Å². The highest BCUT2D eigenvalue weighted by Crippen LogP contribution is 2.35. The van der Waals surface area contributed by atoms with Gasteiger partial charge in [0.1, 0.15) is 0 Å². The molecule has 2 rings (SSSR count). The number of nitrogens with one attached hydrogen (secondary N) is 1. The van der Waals surface area contributed by atoms with E-state index in [9.17, 15) is 8.42 Å². The van der Waals surface area contributed by atoms with Crippen LogP contribution in [0.3, 0.4) is 0 Å². The van der Waals surface area contributed by atoms with Gasteiger partial charge in [0, 0.05) is 25.4 Å². The van der Waals surface area contributed by atoms with Crippen LogP contribution in [0.15, 0.2) is 0 Å². The van der Waals surface area contributed by atoms with E-state index in [1.165, 1.54) is 12.8 Å². The van der Waals surface area contributed by atoms with E-state index in [1.54, 1.807) is 0 Å². The van der Waals surface area contributed by atoms with E-state index in [0.717, 1.165) is 39.1 Å². The fourth-order valence-electron chi connectivity index (χ4n) is 3.04. The number of sulfone groups is 1. The topological polar surface area (TPSA) is 49.4 Å². The predicted molar refractivity (Wildman–Crippen MR) is 69.9 cm³/mol. The maximum atomic E-state index is 11.7. The molecule has 0 aromatic heterocycles. The highest BCUT2D eigenvalue weighted by Gasteiger charge is 2.40. The molecule has 17 heavy (non-hydrogen) atoms. The first kappa shape index (κ1) is 13.3. The predicted octanol–water partition coefficient (Wildman–Crippen LogP) is 0.497. The van der Waals surface area contributed by atoms with Crippen LogP contribution in [-0.4, -0.2) is 57.5 Å². The smallest absolute Gasteiger partial charge is 0.151 e. The van der Waals surface area contributed by atoms with Crippen LogP contribution in [-0.2, 0) is 9.84 Å². The molecule has 0 amide bonds. The summed E-state index contributed by atoms with van der Waals surface area (Å²) < 4.78 is 23.3. The van der Waals surface area contributed by atoms with Crippen molar-refractivity contribution in [1.82, 2.24) is 10.2 Å². The number of rotatable bonds is 5. The summed E-state index contributed by atoms with van der Waals surface area (Å²) in [6.07, 6.45) is 3.22. The van der Waals surface area contributed by atoms with Gasteiger partial charge in [-0.15, -0.1) is 0 Å². The summed E-state index contributed by atoms with van der Waals surface area (Å²) in [6.45, 7) is 7.05. The second-order valence-corrected chi connectivity index (χ2v) is 7.91. The van der Waals surface area contributed by atoms with E-state index in [-0.39, 0.29) is 0 Å². The molecular weight excluding hydrogens is 236 g/mol. The monoisotopic (exact) mass is 260 g/mol. The fraction of sp³-hybridized carbons (Fsp3) is 1.00. The number of hydrogen-bond donors (Lipinski definition) is 1. The summed E-state index contributed by atoms with van der Waals surface area (Å²) in [7, 11) is -2.81. The minimum absolute atomic E-state index is 0.338. The summed E-state index contributed by atoms with van der Waals surface area (Å²) >= 11 is 0. The molecular formula is C12H24N2O2S. The summed E-state index contributed by atoms with van der Waals surface area (Å²) in [4.78, 5) is 2.33. The molecule has 0 bridgehead atoms. The molecule has 0 aromatic rings. The molecule has 2 fully saturated rings. The lowest BCUT2D eigenvalue weighted by Gasteiger charge is -2.22. The molecule has 1 N–H and O–H groups in total. The standard InChI is InChI=1S/C12H24N2O2S/c1-2-8-17(15,16)9-7-14-6-4-12(11-14)3-5-13-10-12/h13H,2-11H2,1H3. The zero-order chi connectivity index (χ0) is 12.4. The Morgan fingerprint density at radius 3 is 2.76 bits per heavy atom. The minimum Gasteiger partial charge on any atom is -0.316 e. The van der Waals surface area contributed by atoms with Crippen molar-refractivity contribution in [3.8, 4) is 0 Å². The van der Waals surface area contributed by atoms with Crippen LogP contribution in [0.25, 0.3) is 0 Å². The van der Waals surface area contributed by atoms with Crippen molar-refractivity contribution in [2.75, 3.05) is 44.2 Å². The molecule has 100 valence electrons. The van der Waals surface area contributed by atoms with E-state index < -0.39 is 9.84 Å². The highest BCUT2D eigenvalue weighted by molar-refractivity contribution is 7.91. The molecule has 0 aromatic carbocycles. The highest BCUT2D eigenvalue weighted by atomic mass is 32.2. The molecule has 4 nitrogen and oxygen atoms in total. The van der Waals surface area contributed by atoms with Gasteiger partial charge in [0.05, 0.1) is 5.75 Å². The summed E-state index contributed by atoms with van der Waals surface area (Å²) in [6, 6.07) is 0. The Morgan fingerprint density at radius 1 is 1.29 bits per heavy atom. The van der Waals surface area contributed by atoms with Crippen molar-refractivity contribution in [2.24, 2.45) is 5.41 Å². The minimum atomic E-state index is -2.81. The molecule has 1 unspecified atom stereocenters. The van der Waals surface area contributed by atoms with Crippen molar-refractivity contribution in [2.45, 2.75) is 26.2 Å². The summed E-state index contributed by atoms with van der Waals surface area (Å²) in [5.41, 5.74) is 0.453. The first-order valence-electron chi connectivity index (χ1n) is 6.69. The number of nitrogens with zero attached hydrogens (tertiary/aromatic N) is 1. The van der Waals surface area contributed by atoms with Crippen LogP contribution in [0.4, 0.5) is 0 Å². The van der Waals surface area contributed by atoms with Gasteiger partial charge in [-0.05, 0) is 37.8 Å². The SMILES string of the molecule is CCCS(=O)(=O)CCN1CCC2(CCNC2)C1. The van der Waals surface area contributed by atoms with Crippen LogP contribution < -0.4 is 5.32 Å². The second kappa shape index (κ2) is 5.24. The number of hydrogen-bond acceptors (Lipinski definition) is 4. The van der Waals surface area contributed by atoms with Gasteiger partial charge >= 0.3 is 0 Å². The third kappa shape index (κ3) is 3.42. The molecule has 0 radical (unpaired) electrons. The van der Waals surface area contributed by atoms with Crippen LogP contribution in [0, 0.1) is 5.41 Å². The van der Waals surface area contributed by atoms with Gasteiger partial charge in [-0.25, -0.2) is 8.42 Å².